The van der Waals surface area contributed by atoms with E-state index in [9.17, 15) is 8.42 Å². The summed E-state index contributed by atoms with van der Waals surface area (Å²) >= 11 is 0. The van der Waals surface area contributed by atoms with Gasteiger partial charge in [0.1, 0.15) is 0 Å². The molecule has 0 aliphatic rings. The molecule has 17 heavy (non-hydrogen) atoms. The molecule has 0 unspecified atom stereocenters. The van der Waals surface area contributed by atoms with Crippen LogP contribution in [0.1, 0.15) is 26.3 Å². The number of rotatable bonds is 4. The Balaban J connectivity index is 3.35. The highest BCUT2D eigenvalue weighted by Gasteiger charge is 2.26. The minimum absolute atomic E-state index is 0.0640. The first-order chi connectivity index (χ1) is 7.80. The molecule has 1 aromatic carbocycles. The molecular weight excluding hydrogens is 236 g/mol. The van der Waals surface area contributed by atoms with Gasteiger partial charge in [0.2, 0.25) is 10.0 Å². The zero-order valence-electron chi connectivity index (χ0n) is 10.8. The van der Waals surface area contributed by atoms with Crippen LogP contribution in [-0.2, 0) is 10.0 Å². The Morgan fingerprint density at radius 3 is 2.41 bits per heavy atom. The Labute approximate surface area is 103 Å². The third-order valence-corrected chi connectivity index (χ3v) is 4.98. The topological polar surface area (TPSA) is 63.4 Å². The van der Waals surface area contributed by atoms with E-state index in [-0.39, 0.29) is 6.04 Å². The standard InChI is InChI=1S/C12H20N2O2S/c1-5-14(9(2)3)17(15,16)12-8-11(13)7-6-10(12)4/h6-9H,5,13H2,1-4H3. The average Bonchev–Trinajstić information content (AvgIpc) is 2.21. The summed E-state index contributed by atoms with van der Waals surface area (Å²) in [6.07, 6.45) is 0. The average molecular weight is 256 g/mol. The van der Waals surface area contributed by atoms with Crippen LogP contribution >= 0.6 is 0 Å². The van der Waals surface area contributed by atoms with Crippen molar-refractivity contribution in [3.63, 3.8) is 0 Å². The van der Waals surface area contributed by atoms with Crippen LogP contribution < -0.4 is 5.73 Å². The van der Waals surface area contributed by atoms with E-state index in [1.165, 1.54) is 10.4 Å². The maximum Gasteiger partial charge on any atom is 0.243 e. The molecule has 0 aliphatic heterocycles. The maximum atomic E-state index is 12.4. The van der Waals surface area contributed by atoms with E-state index in [1.807, 2.05) is 20.8 Å². The molecule has 0 aliphatic carbocycles. The van der Waals surface area contributed by atoms with Gasteiger partial charge in [0.15, 0.2) is 0 Å². The van der Waals surface area contributed by atoms with Gasteiger partial charge in [-0.05, 0) is 38.5 Å². The zero-order valence-corrected chi connectivity index (χ0v) is 11.6. The highest BCUT2D eigenvalue weighted by atomic mass is 32.2. The summed E-state index contributed by atoms with van der Waals surface area (Å²) in [6.45, 7) is 7.79. The fraction of sp³-hybridized carbons (Fsp3) is 0.500. The van der Waals surface area contributed by atoms with Gasteiger partial charge in [-0.25, -0.2) is 8.42 Å². The molecule has 96 valence electrons. The minimum Gasteiger partial charge on any atom is -0.399 e. The second-order valence-corrected chi connectivity index (χ2v) is 6.19. The lowest BCUT2D eigenvalue weighted by Crippen LogP contribution is -2.37. The first kappa shape index (κ1) is 14.0. The van der Waals surface area contributed by atoms with E-state index < -0.39 is 10.0 Å². The molecule has 1 rings (SSSR count). The summed E-state index contributed by atoms with van der Waals surface area (Å²) < 4.78 is 26.4. The van der Waals surface area contributed by atoms with Crippen LogP contribution in [0.4, 0.5) is 5.69 Å². The Morgan fingerprint density at radius 1 is 1.35 bits per heavy atom. The first-order valence-electron chi connectivity index (χ1n) is 5.68. The van der Waals surface area contributed by atoms with Gasteiger partial charge in [0.25, 0.3) is 0 Å². The Kier molecular flexibility index (Phi) is 4.16. The van der Waals surface area contributed by atoms with Gasteiger partial charge in [0, 0.05) is 18.3 Å². The van der Waals surface area contributed by atoms with Gasteiger partial charge < -0.3 is 5.73 Å². The zero-order chi connectivity index (χ0) is 13.2. The van der Waals surface area contributed by atoms with Crippen molar-refractivity contribution in [3.05, 3.63) is 23.8 Å². The fourth-order valence-corrected chi connectivity index (χ4v) is 3.74. The van der Waals surface area contributed by atoms with Crippen LogP contribution in [0.2, 0.25) is 0 Å². The summed E-state index contributed by atoms with van der Waals surface area (Å²) in [5.74, 6) is 0. The molecule has 0 saturated heterocycles. The van der Waals surface area contributed by atoms with Crippen LogP contribution in [-0.4, -0.2) is 25.3 Å². The van der Waals surface area contributed by atoms with Gasteiger partial charge >= 0.3 is 0 Å². The molecule has 0 amide bonds. The number of sulfonamides is 1. The molecule has 4 nitrogen and oxygen atoms in total. The van der Waals surface area contributed by atoms with Crippen molar-refractivity contribution in [2.24, 2.45) is 0 Å². The Bertz CT molecular complexity index is 495. The number of anilines is 1. The third-order valence-electron chi connectivity index (χ3n) is 2.69. The van der Waals surface area contributed by atoms with Gasteiger partial charge in [-0.3, -0.25) is 0 Å². The maximum absolute atomic E-state index is 12.4. The molecule has 2 N–H and O–H groups in total. The number of hydrogen-bond donors (Lipinski definition) is 1. The number of hydrogen-bond acceptors (Lipinski definition) is 3. The molecule has 5 heteroatoms. The smallest absolute Gasteiger partial charge is 0.243 e. The lowest BCUT2D eigenvalue weighted by atomic mass is 10.2. The summed E-state index contributed by atoms with van der Waals surface area (Å²) in [6, 6.07) is 4.90. The van der Waals surface area contributed by atoms with Crippen molar-refractivity contribution in [3.8, 4) is 0 Å². The van der Waals surface area contributed by atoms with E-state index in [2.05, 4.69) is 0 Å². The monoisotopic (exact) mass is 256 g/mol. The first-order valence-corrected chi connectivity index (χ1v) is 7.12. The third kappa shape index (κ3) is 2.79. The van der Waals surface area contributed by atoms with Crippen molar-refractivity contribution >= 4 is 15.7 Å². The van der Waals surface area contributed by atoms with E-state index in [0.29, 0.717) is 17.1 Å². The molecule has 0 fully saturated rings. The summed E-state index contributed by atoms with van der Waals surface area (Å²) in [7, 11) is -3.45. The lowest BCUT2D eigenvalue weighted by Gasteiger charge is -2.25. The fourth-order valence-electron chi connectivity index (χ4n) is 1.83. The Morgan fingerprint density at radius 2 is 1.94 bits per heavy atom. The molecule has 0 aromatic heterocycles. The summed E-state index contributed by atoms with van der Waals surface area (Å²) in [5.41, 5.74) is 6.85. The highest BCUT2D eigenvalue weighted by molar-refractivity contribution is 7.89. The Hall–Kier alpha value is -1.07. The van der Waals surface area contributed by atoms with Gasteiger partial charge in [-0.2, -0.15) is 4.31 Å². The summed E-state index contributed by atoms with van der Waals surface area (Å²) in [5, 5.41) is 0. The van der Waals surface area contributed by atoms with E-state index in [0.717, 1.165) is 5.56 Å². The van der Waals surface area contributed by atoms with Crippen LogP contribution in [0, 0.1) is 6.92 Å². The number of aryl methyl sites for hydroxylation is 1. The second kappa shape index (κ2) is 5.06. The van der Waals surface area contributed by atoms with Crippen LogP contribution in [0.5, 0.6) is 0 Å². The predicted molar refractivity (Wildman–Crippen MR) is 70.3 cm³/mol. The molecular formula is C12H20N2O2S. The second-order valence-electron chi connectivity index (χ2n) is 4.33. The number of nitrogens with two attached hydrogens (primary N) is 1. The molecule has 0 spiro atoms. The van der Waals surface area contributed by atoms with Crippen molar-refractivity contribution < 1.29 is 8.42 Å². The van der Waals surface area contributed by atoms with Gasteiger partial charge in [0.05, 0.1) is 4.90 Å². The van der Waals surface area contributed by atoms with E-state index in [4.69, 9.17) is 5.73 Å². The quantitative estimate of drug-likeness (QED) is 0.838. The normalized spacial score (nSPS) is 12.4. The van der Waals surface area contributed by atoms with Crippen molar-refractivity contribution in [1.29, 1.82) is 0 Å². The predicted octanol–water partition coefficient (Wildman–Crippen LogP) is 2.00. The number of benzene rings is 1. The van der Waals surface area contributed by atoms with Crippen LogP contribution in [0.25, 0.3) is 0 Å². The summed E-state index contributed by atoms with van der Waals surface area (Å²) in [4.78, 5) is 0.299. The highest BCUT2D eigenvalue weighted by Crippen LogP contribution is 2.23. The SMILES string of the molecule is CCN(C(C)C)S(=O)(=O)c1cc(N)ccc1C. The van der Waals surface area contributed by atoms with Crippen molar-refractivity contribution in [2.75, 3.05) is 12.3 Å². The number of nitrogen functional groups attached to an aromatic ring is 1. The molecule has 1 aromatic rings. The molecule has 0 bridgehead atoms. The van der Waals surface area contributed by atoms with E-state index in [1.54, 1.807) is 19.1 Å². The van der Waals surface area contributed by atoms with Gasteiger partial charge in [-0.15, -0.1) is 0 Å². The van der Waals surface area contributed by atoms with Crippen molar-refractivity contribution in [1.82, 2.24) is 4.31 Å². The van der Waals surface area contributed by atoms with Crippen molar-refractivity contribution in [2.45, 2.75) is 38.6 Å². The molecule has 0 saturated carbocycles. The minimum atomic E-state index is -3.45. The lowest BCUT2D eigenvalue weighted by molar-refractivity contribution is 0.369. The largest absolute Gasteiger partial charge is 0.399 e. The van der Waals surface area contributed by atoms with Crippen LogP contribution in [0.3, 0.4) is 0 Å². The van der Waals surface area contributed by atoms with E-state index >= 15 is 0 Å². The molecule has 0 radical (unpaired) electrons. The van der Waals surface area contributed by atoms with Gasteiger partial charge in [-0.1, -0.05) is 13.0 Å². The van der Waals surface area contributed by atoms with Crippen LogP contribution in [0.15, 0.2) is 23.1 Å². The number of nitrogens with zero attached hydrogens (tertiary/aromatic N) is 1. The molecule has 0 heterocycles. The molecule has 0 atom stereocenters.